The molecule has 4 bridgehead atoms. The molecule has 11 rings (SSSR count). The molecule has 8 saturated heterocycles. The van der Waals surface area contributed by atoms with E-state index in [0.717, 1.165) is 56.9 Å². The first-order valence-corrected chi connectivity index (χ1v) is 20.2. The lowest BCUT2D eigenvalue weighted by Gasteiger charge is -2.61. The number of hydrogen-bond acceptors (Lipinski definition) is 9. The number of fused-ring (bicyclic) bond motifs is 4. The first-order chi connectivity index (χ1) is 24.4. The number of carbonyl (C=O) groups excluding carboxylic acids is 1. The van der Waals surface area contributed by atoms with Gasteiger partial charge in [-0.25, -0.2) is 19.6 Å². The molecule has 2 aliphatic carbocycles. The highest BCUT2D eigenvalue weighted by Crippen LogP contribution is 2.63. The molecular weight excluding hydrogens is 650 g/mol. The smallest absolute Gasteiger partial charge is 0.223 e. The fourth-order valence-corrected chi connectivity index (χ4v) is 12.3. The fraction of sp³-hybridized carbons (Fsp3) is 0.829. The van der Waals surface area contributed by atoms with Crippen LogP contribution in [0.3, 0.4) is 0 Å². The second kappa shape index (κ2) is 12.7. The minimum atomic E-state index is -0.841. The van der Waals surface area contributed by atoms with Crippen LogP contribution in [0.5, 0.6) is 0 Å². The van der Waals surface area contributed by atoms with Gasteiger partial charge in [0, 0.05) is 37.1 Å². The Balaban J connectivity index is 1.00. The second-order valence-corrected chi connectivity index (χ2v) is 18.3. The maximum Gasteiger partial charge on any atom is 0.223 e. The molecule has 1 aromatic rings. The standard InChI is InChI=1S/C41H59NO9/c1-23-12-14-31-25(3)33(44-36-40(31)29(23)16-18-38(5,46-36)48-50-40)20-28(35(43)42-22-27-10-8-7-9-11-27)21-34-26(4)32-15-13-24(2)30-17-19-39(6)47-37(45-34)41(30,32)51-49-39/h7-11,23-26,28-34,36-37H,12-22H2,1-6H3,(H,42,43)/t23-,24-,25-,26-,28?,29+,30+,31+,32+,33-,34-,36-,37+,38-,39-,40-,41-/m1/s1. The van der Waals surface area contributed by atoms with Crippen LogP contribution in [0, 0.1) is 53.3 Å². The molecular formula is C41H59NO9. The van der Waals surface area contributed by atoms with Gasteiger partial charge in [-0.05, 0) is 106 Å². The molecule has 51 heavy (non-hydrogen) atoms. The molecule has 1 amide bonds. The van der Waals surface area contributed by atoms with E-state index < -0.39 is 35.4 Å². The number of ether oxygens (including phenoxy) is 4. The van der Waals surface area contributed by atoms with E-state index in [1.807, 2.05) is 32.0 Å². The molecule has 282 valence electrons. The maximum atomic E-state index is 14.4. The number of nitrogens with one attached hydrogen (secondary N) is 1. The average molecular weight is 710 g/mol. The predicted molar refractivity (Wildman–Crippen MR) is 185 cm³/mol. The Bertz CT molecular complexity index is 1380. The first-order valence-electron chi connectivity index (χ1n) is 20.2. The van der Waals surface area contributed by atoms with Gasteiger partial charge in [-0.3, -0.25) is 4.79 Å². The van der Waals surface area contributed by atoms with Crippen LogP contribution in [0.4, 0.5) is 0 Å². The summed E-state index contributed by atoms with van der Waals surface area (Å²) in [7, 11) is 0. The van der Waals surface area contributed by atoms with Crippen LogP contribution in [0.1, 0.15) is 111 Å². The Hall–Kier alpha value is -1.63. The summed E-state index contributed by atoms with van der Waals surface area (Å²) in [6.45, 7) is 13.7. The Morgan fingerprint density at radius 2 is 1.18 bits per heavy atom. The third kappa shape index (κ3) is 5.51. The fourth-order valence-electron chi connectivity index (χ4n) is 12.3. The normalized spacial score (nSPS) is 51.8. The Morgan fingerprint density at radius 1 is 0.686 bits per heavy atom. The topological polar surface area (TPSA) is 103 Å². The lowest BCUT2D eigenvalue weighted by atomic mass is 9.56. The van der Waals surface area contributed by atoms with Crippen LogP contribution in [-0.4, -0.2) is 53.5 Å². The lowest BCUT2D eigenvalue weighted by molar-refractivity contribution is -0.571. The quantitative estimate of drug-likeness (QED) is 0.295. The average Bonchev–Trinajstić information content (AvgIpc) is 3.49. The third-order valence-electron chi connectivity index (χ3n) is 15.3. The van der Waals surface area contributed by atoms with Gasteiger partial charge in [0.2, 0.25) is 17.5 Å². The summed E-state index contributed by atoms with van der Waals surface area (Å²) < 4.78 is 27.5. The summed E-state index contributed by atoms with van der Waals surface area (Å²) in [5.74, 6) is 0.294. The van der Waals surface area contributed by atoms with Crippen molar-refractivity contribution in [2.75, 3.05) is 0 Å². The van der Waals surface area contributed by atoms with E-state index in [0.29, 0.717) is 43.1 Å². The van der Waals surface area contributed by atoms with E-state index in [9.17, 15) is 4.79 Å². The Labute approximate surface area is 303 Å². The Kier molecular flexibility index (Phi) is 8.75. The SMILES string of the molecule is C[C@H]1[C@@H](CC(C[C@H]2O[C@H]3O[C@@]4(C)CC[C@H]5[C@H](C)CC[C@@H]([C@H]2C)[C@@]35OO4)C(=O)NCc2ccccc2)O[C@@H]2O[C@@]3(C)CC[C@H]4[C@H](C)CC[C@@H]1[C@@]24OO3. The van der Waals surface area contributed by atoms with Crippen molar-refractivity contribution >= 4 is 5.91 Å². The zero-order valence-corrected chi connectivity index (χ0v) is 31.3. The van der Waals surface area contributed by atoms with Crippen molar-refractivity contribution < 1.29 is 43.3 Å². The van der Waals surface area contributed by atoms with Gasteiger partial charge in [-0.15, -0.1) is 0 Å². The van der Waals surface area contributed by atoms with Crippen molar-refractivity contribution in [3.8, 4) is 0 Å². The largest absolute Gasteiger partial charge is 0.352 e. The number of benzene rings is 1. The van der Waals surface area contributed by atoms with Gasteiger partial charge in [-0.1, -0.05) is 58.0 Å². The molecule has 8 heterocycles. The molecule has 10 heteroatoms. The van der Waals surface area contributed by atoms with Crippen LogP contribution >= 0.6 is 0 Å². The molecule has 10 nitrogen and oxygen atoms in total. The molecule has 10 fully saturated rings. The van der Waals surface area contributed by atoms with E-state index in [2.05, 4.69) is 45.1 Å². The van der Waals surface area contributed by atoms with Crippen LogP contribution in [-0.2, 0) is 49.8 Å². The zero-order chi connectivity index (χ0) is 35.3. The first kappa shape index (κ1) is 35.1. The lowest BCUT2D eigenvalue weighted by Crippen LogP contribution is -2.70. The van der Waals surface area contributed by atoms with E-state index in [4.69, 9.17) is 38.5 Å². The summed E-state index contributed by atoms with van der Waals surface area (Å²) in [5.41, 5.74) is -0.191. The molecule has 1 N–H and O–H groups in total. The van der Waals surface area contributed by atoms with Crippen molar-refractivity contribution in [1.82, 2.24) is 5.32 Å². The van der Waals surface area contributed by atoms with Crippen LogP contribution in [0.15, 0.2) is 30.3 Å². The molecule has 10 aliphatic rings. The minimum absolute atomic E-state index is 0.0287. The van der Waals surface area contributed by atoms with Gasteiger partial charge >= 0.3 is 0 Å². The van der Waals surface area contributed by atoms with E-state index in [1.165, 1.54) is 0 Å². The van der Waals surface area contributed by atoms with Crippen molar-refractivity contribution in [1.29, 1.82) is 0 Å². The molecule has 1 unspecified atom stereocenters. The summed E-state index contributed by atoms with van der Waals surface area (Å²) in [6, 6.07) is 10.1. The van der Waals surface area contributed by atoms with Crippen molar-refractivity contribution in [2.45, 2.75) is 160 Å². The van der Waals surface area contributed by atoms with Crippen molar-refractivity contribution in [3.63, 3.8) is 0 Å². The number of amides is 1. The van der Waals surface area contributed by atoms with Gasteiger partial charge in [0.25, 0.3) is 0 Å². The van der Waals surface area contributed by atoms with Gasteiger partial charge in [-0.2, -0.15) is 0 Å². The zero-order valence-electron chi connectivity index (χ0n) is 31.3. The molecule has 0 aromatic heterocycles. The summed E-state index contributed by atoms with van der Waals surface area (Å²) >= 11 is 0. The molecule has 17 atom stereocenters. The second-order valence-electron chi connectivity index (χ2n) is 18.3. The number of rotatable bonds is 7. The van der Waals surface area contributed by atoms with E-state index in [1.54, 1.807) is 0 Å². The highest BCUT2D eigenvalue weighted by Gasteiger charge is 2.71. The van der Waals surface area contributed by atoms with E-state index >= 15 is 0 Å². The summed E-state index contributed by atoms with van der Waals surface area (Å²) in [4.78, 5) is 39.5. The highest BCUT2D eigenvalue weighted by molar-refractivity contribution is 5.78. The van der Waals surface area contributed by atoms with Crippen LogP contribution < -0.4 is 5.32 Å². The number of hydrogen-bond donors (Lipinski definition) is 1. The third-order valence-corrected chi connectivity index (χ3v) is 15.3. The monoisotopic (exact) mass is 709 g/mol. The van der Waals surface area contributed by atoms with E-state index in [-0.39, 0.29) is 47.7 Å². The van der Waals surface area contributed by atoms with Gasteiger partial charge in [0.1, 0.15) is 0 Å². The summed E-state index contributed by atoms with van der Waals surface area (Å²) in [6.07, 6.45) is 7.54. The predicted octanol–water partition coefficient (Wildman–Crippen LogP) is 7.20. The molecule has 2 spiro atoms. The Morgan fingerprint density at radius 3 is 1.67 bits per heavy atom. The highest BCUT2D eigenvalue weighted by atomic mass is 17.3. The molecule has 2 saturated carbocycles. The molecule has 8 aliphatic heterocycles. The van der Waals surface area contributed by atoms with Crippen LogP contribution in [0.25, 0.3) is 0 Å². The molecule has 1 aromatic carbocycles. The van der Waals surface area contributed by atoms with Crippen molar-refractivity contribution in [2.24, 2.45) is 53.3 Å². The van der Waals surface area contributed by atoms with Gasteiger partial charge < -0.3 is 24.3 Å². The minimum Gasteiger partial charge on any atom is -0.352 e. The maximum absolute atomic E-state index is 14.4. The molecule has 0 radical (unpaired) electrons. The van der Waals surface area contributed by atoms with Gasteiger partial charge in [0.15, 0.2) is 23.8 Å². The van der Waals surface area contributed by atoms with Crippen LogP contribution in [0.2, 0.25) is 0 Å². The van der Waals surface area contributed by atoms with Gasteiger partial charge in [0.05, 0.1) is 12.2 Å². The van der Waals surface area contributed by atoms with Crippen molar-refractivity contribution in [3.05, 3.63) is 35.9 Å². The summed E-state index contributed by atoms with van der Waals surface area (Å²) in [5, 5.41) is 3.30. The number of carbonyl (C=O) groups is 1.